The van der Waals surface area contributed by atoms with Crippen molar-refractivity contribution in [2.45, 2.75) is 6.42 Å². The second-order valence-corrected chi connectivity index (χ2v) is 4.63. The Bertz CT molecular complexity index is 499. The van der Waals surface area contributed by atoms with Gasteiger partial charge >= 0.3 is 0 Å². The molecule has 2 aromatic carbocycles. The van der Waals surface area contributed by atoms with Crippen molar-refractivity contribution in [3.05, 3.63) is 64.4 Å². The quantitative estimate of drug-likeness (QED) is 0.889. The van der Waals surface area contributed by atoms with E-state index >= 15 is 0 Å². The first kappa shape index (κ1) is 12.1. The molecule has 1 nitrogen and oxygen atoms in total. The van der Waals surface area contributed by atoms with Crippen LogP contribution in [0.4, 0.5) is 10.1 Å². The Labute approximate surface area is 109 Å². The molecular weight excluding hydrogens is 281 g/mol. The van der Waals surface area contributed by atoms with Crippen LogP contribution in [0.1, 0.15) is 5.56 Å². The van der Waals surface area contributed by atoms with Gasteiger partial charge in [-0.05, 0) is 36.2 Å². The lowest BCUT2D eigenvalue weighted by atomic mass is 10.1. The molecule has 17 heavy (non-hydrogen) atoms. The van der Waals surface area contributed by atoms with Crippen LogP contribution >= 0.6 is 15.9 Å². The minimum atomic E-state index is -0.212. The van der Waals surface area contributed by atoms with E-state index in [0.717, 1.165) is 23.1 Å². The lowest BCUT2D eigenvalue weighted by Gasteiger charge is -2.07. The summed E-state index contributed by atoms with van der Waals surface area (Å²) in [4.78, 5) is 0. The van der Waals surface area contributed by atoms with Crippen LogP contribution in [-0.2, 0) is 6.42 Å². The molecule has 88 valence electrons. The van der Waals surface area contributed by atoms with Crippen LogP contribution in [0.5, 0.6) is 0 Å². The van der Waals surface area contributed by atoms with Gasteiger partial charge in [0.25, 0.3) is 0 Å². The molecule has 3 heteroatoms. The molecule has 2 rings (SSSR count). The first-order valence-electron chi connectivity index (χ1n) is 5.48. The fraction of sp³-hybridized carbons (Fsp3) is 0.143. The highest BCUT2D eigenvalue weighted by Crippen LogP contribution is 2.16. The van der Waals surface area contributed by atoms with Crippen molar-refractivity contribution in [3.8, 4) is 0 Å². The SMILES string of the molecule is Fc1cccc(NCCc2ccccc2Br)c1. The summed E-state index contributed by atoms with van der Waals surface area (Å²) in [6.45, 7) is 0.784. The van der Waals surface area contributed by atoms with Crippen LogP contribution in [-0.4, -0.2) is 6.54 Å². The maximum Gasteiger partial charge on any atom is 0.125 e. The van der Waals surface area contributed by atoms with Crippen molar-refractivity contribution in [2.24, 2.45) is 0 Å². The molecule has 0 aliphatic carbocycles. The summed E-state index contributed by atoms with van der Waals surface area (Å²) in [6.07, 6.45) is 0.901. The van der Waals surface area contributed by atoms with Gasteiger partial charge in [0.1, 0.15) is 5.82 Å². The van der Waals surface area contributed by atoms with Crippen LogP contribution in [0, 0.1) is 5.82 Å². The summed E-state index contributed by atoms with van der Waals surface area (Å²) in [5.41, 5.74) is 2.06. The minimum Gasteiger partial charge on any atom is -0.385 e. The highest BCUT2D eigenvalue weighted by Gasteiger charge is 1.98. The van der Waals surface area contributed by atoms with Gasteiger partial charge < -0.3 is 5.32 Å². The Morgan fingerprint density at radius 2 is 1.88 bits per heavy atom. The number of benzene rings is 2. The van der Waals surface area contributed by atoms with Crippen molar-refractivity contribution in [1.29, 1.82) is 0 Å². The lowest BCUT2D eigenvalue weighted by molar-refractivity contribution is 0.628. The van der Waals surface area contributed by atoms with Gasteiger partial charge in [-0.25, -0.2) is 4.39 Å². The lowest BCUT2D eigenvalue weighted by Crippen LogP contribution is -2.05. The molecule has 0 saturated heterocycles. The monoisotopic (exact) mass is 293 g/mol. The average molecular weight is 294 g/mol. The molecule has 0 spiro atoms. The topological polar surface area (TPSA) is 12.0 Å². The predicted octanol–water partition coefficient (Wildman–Crippen LogP) is 4.24. The first-order valence-corrected chi connectivity index (χ1v) is 6.28. The largest absolute Gasteiger partial charge is 0.385 e. The molecule has 0 unspecified atom stereocenters. The predicted molar refractivity (Wildman–Crippen MR) is 72.7 cm³/mol. The second-order valence-electron chi connectivity index (χ2n) is 3.78. The van der Waals surface area contributed by atoms with Gasteiger partial charge in [-0.15, -0.1) is 0 Å². The van der Waals surface area contributed by atoms with Crippen molar-refractivity contribution in [2.75, 3.05) is 11.9 Å². The third-order valence-corrected chi connectivity index (χ3v) is 3.28. The number of hydrogen-bond acceptors (Lipinski definition) is 1. The molecule has 0 fully saturated rings. The molecule has 0 amide bonds. The highest BCUT2D eigenvalue weighted by molar-refractivity contribution is 9.10. The van der Waals surface area contributed by atoms with E-state index in [-0.39, 0.29) is 5.82 Å². The van der Waals surface area contributed by atoms with Crippen molar-refractivity contribution in [3.63, 3.8) is 0 Å². The van der Waals surface area contributed by atoms with Crippen molar-refractivity contribution in [1.82, 2.24) is 0 Å². The second kappa shape index (κ2) is 5.82. The van der Waals surface area contributed by atoms with Crippen LogP contribution in [0.25, 0.3) is 0 Å². The Balaban J connectivity index is 1.90. The first-order chi connectivity index (χ1) is 8.25. The normalized spacial score (nSPS) is 10.2. The number of anilines is 1. The van der Waals surface area contributed by atoms with E-state index in [9.17, 15) is 4.39 Å². The van der Waals surface area contributed by atoms with Crippen LogP contribution in [0.2, 0.25) is 0 Å². The zero-order valence-corrected chi connectivity index (χ0v) is 10.9. The standard InChI is InChI=1S/C14H13BrFN/c15-14-7-2-1-4-11(14)8-9-17-13-6-3-5-12(16)10-13/h1-7,10,17H,8-9H2. The summed E-state index contributed by atoms with van der Waals surface area (Å²) in [6, 6.07) is 14.6. The fourth-order valence-electron chi connectivity index (χ4n) is 1.64. The molecule has 2 aromatic rings. The van der Waals surface area contributed by atoms with E-state index in [0.29, 0.717) is 0 Å². The Kier molecular flexibility index (Phi) is 4.15. The summed E-state index contributed by atoms with van der Waals surface area (Å²) in [5.74, 6) is -0.212. The van der Waals surface area contributed by atoms with E-state index < -0.39 is 0 Å². The smallest absolute Gasteiger partial charge is 0.125 e. The maximum atomic E-state index is 12.9. The van der Waals surface area contributed by atoms with E-state index in [1.165, 1.54) is 17.7 Å². The molecule has 0 aliphatic heterocycles. The molecule has 0 aromatic heterocycles. The molecule has 0 aliphatic rings. The van der Waals surface area contributed by atoms with Crippen LogP contribution in [0.15, 0.2) is 53.0 Å². The summed E-state index contributed by atoms with van der Waals surface area (Å²) < 4.78 is 14.0. The van der Waals surface area contributed by atoms with Crippen LogP contribution < -0.4 is 5.32 Å². The number of halogens is 2. The van der Waals surface area contributed by atoms with E-state index in [2.05, 4.69) is 27.3 Å². The zero-order valence-electron chi connectivity index (χ0n) is 9.29. The Morgan fingerprint density at radius 1 is 1.06 bits per heavy atom. The van der Waals surface area contributed by atoms with Gasteiger partial charge in [-0.2, -0.15) is 0 Å². The fourth-order valence-corrected chi connectivity index (χ4v) is 2.12. The van der Waals surface area contributed by atoms with Crippen molar-refractivity contribution >= 4 is 21.6 Å². The molecular formula is C14H13BrFN. The summed E-state index contributed by atoms with van der Waals surface area (Å²) in [5, 5.41) is 3.20. The Hall–Kier alpha value is -1.35. The maximum absolute atomic E-state index is 12.9. The van der Waals surface area contributed by atoms with Gasteiger partial charge in [-0.1, -0.05) is 40.2 Å². The molecule has 0 bridgehead atoms. The van der Waals surface area contributed by atoms with Gasteiger partial charge in [0, 0.05) is 16.7 Å². The number of nitrogens with one attached hydrogen (secondary N) is 1. The molecule has 0 radical (unpaired) electrons. The van der Waals surface area contributed by atoms with Crippen molar-refractivity contribution < 1.29 is 4.39 Å². The third-order valence-electron chi connectivity index (χ3n) is 2.51. The summed E-state index contributed by atoms with van der Waals surface area (Å²) >= 11 is 3.51. The number of rotatable bonds is 4. The molecule has 0 heterocycles. The minimum absolute atomic E-state index is 0.212. The van der Waals surface area contributed by atoms with Gasteiger partial charge in [-0.3, -0.25) is 0 Å². The molecule has 0 atom stereocenters. The molecule has 0 saturated carbocycles. The van der Waals surface area contributed by atoms with E-state index in [4.69, 9.17) is 0 Å². The Morgan fingerprint density at radius 3 is 2.65 bits per heavy atom. The van der Waals surface area contributed by atoms with Crippen LogP contribution in [0.3, 0.4) is 0 Å². The number of hydrogen-bond donors (Lipinski definition) is 1. The zero-order chi connectivity index (χ0) is 12.1. The van der Waals surface area contributed by atoms with E-state index in [1.54, 1.807) is 6.07 Å². The van der Waals surface area contributed by atoms with Gasteiger partial charge in [0.05, 0.1) is 0 Å². The van der Waals surface area contributed by atoms with Gasteiger partial charge in [0.15, 0.2) is 0 Å². The average Bonchev–Trinajstić information content (AvgIpc) is 2.32. The summed E-state index contributed by atoms with van der Waals surface area (Å²) in [7, 11) is 0. The molecule has 1 N–H and O–H groups in total. The van der Waals surface area contributed by atoms with E-state index in [1.807, 2.05) is 24.3 Å². The highest BCUT2D eigenvalue weighted by atomic mass is 79.9. The third kappa shape index (κ3) is 3.56. The van der Waals surface area contributed by atoms with Gasteiger partial charge in [0.2, 0.25) is 0 Å².